The molecule has 1 heterocycles. The van der Waals surface area contributed by atoms with Crippen molar-refractivity contribution in [3.8, 4) is 0 Å². The van der Waals surface area contributed by atoms with Gasteiger partial charge in [0.05, 0.1) is 0 Å². The summed E-state index contributed by atoms with van der Waals surface area (Å²) >= 11 is 7.94. The molecule has 1 aliphatic heterocycles. The Morgan fingerprint density at radius 2 is 1.62 bits per heavy atom. The van der Waals surface area contributed by atoms with E-state index in [1.807, 2.05) is 23.9 Å². The monoisotopic (exact) mass is 533 g/mol. The minimum absolute atomic E-state index is 0.594. The molecule has 0 amide bonds. The highest BCUT2D eigenvalue weighted by molar-refractivity contribution is 7.99. The van der Waals surface area contributed by atoms with Gasteiger partial charge in [0, 0.05) is 60.3 Å². The molecular weight excluding hydrogens is 494 g/mol. The molecule has 0 aromatic heterocycles. The van der Waals surface area contributed by atoms with Crippen LogP contribution in [0.25, 0.3) is 0 Å². The third-order valence-corrected chi connectivity index (χ3v) is 8.43. The first-order valence-electron chi connectivity index (χ1n) is 13.2. The standard InChI is InChI=1S/C32H40ClN3S/c1-25(2)17-22-36(24-27-7-5-6-8-32(27)37-31-15-11-28(33)12-16-31)30-18-20-35(21-19-30)23-26-9-13-29(14-10-26)34(3)4/h5-17,30H,18-24H2,1-4H3. The summed E-state index contributed by atoms with van der Waals surface area (Å²) in [5.41, 5.74) is 5.44. The van der Waals surface area contributed by atoms with E-state index in [-0.39, 0.29) is 0 Å². The Morgan fingerprint density at radius 3 is 2.27 bits per heavy atom. The van der Waals surface area contributed by atoms with Gasteiger partial charge in [0.1, 0.15) is 0 Å². The van der Waals surface area contributed by atoms with Crippen LogP contribution in [0, 0.1) is 0 Å². The fourth-order valence-corrected chi connectivity index (χ4v) is 5.89. The van der Waals surface area contributed by atoms with Gasteiger partial charge in [0.15, 0.2) is 0 Å². The summed E-state index contributed by atoms with van der Waals surface area (Å²) in [7, 11) is 4.19. The van der Waals surface area contributed by atoms with E-state index in [4.69, 9.17) is 11.6 Å². The van der Waals surface area contributed by atoms with E-state index in [1.165, 1.54) is 45.0 Å². The number of nitrogens with zero attached hydrogens (tertiary/aromatic N) is 3. The molecule has 196 valence electrons. The second kappa shape index (κ2) is 13.5. The molecule has 0 saturated carbocycles. The van der Waals surface area contributed by atoms with Gasteiger partial charge in [-0.3, -0.25) is 9.80 Å². The zero-order valence-corrected chi connectivity index (χ0v) is 24.2. The molecule has 0 bridgehead atoms. The van der Waals surface area contributed by atoms with Crippen molar-refractivity contribution in [2.24, 2.45) is 0 Å². The Hall–Kier alpha value is -2.24. The van der Waals surface area contributed by atoms with Crippen LogP contribution >= 0.6 is 23.4 Å². The van der Waals surface area contributed by atoms with Crippen LogP contribution in [0.5, 0.6) is 0 Å². The molecule has 3 nitrogen and oxygen atoms in total. The minimum atomic E-state index is 0.594. The summed E-state index contributed by atoms with van der Waals surface area (Å²) in [6.45, 7) is 9.70. The number of benzene rings is 3. The molecule has 5 heteroatoms. The predicted octanol–water partition coefficient (Wildman–Crippen LogP) is 7.99. The fourth-order valence-electron chi connectivity index (χ4n) is 4.83. The molecule has 3 aromatic carbocycles. The first-order valence-corrected chi connectivity index (χ1v) is 14.4. The van der Waals surface area contributed by atoms with Crippen molar-refractivity contribution in [3.05, 3.63) is 101 Å². The third-order valence-electron chi connectivity index (χ3n) is 7.05. The Balaban J connectivity index is 1.41. The molecule has 1 fully saturated rings. The summed E-state index contributed by atoms with van der Waals surface area (Å²) in [6.07, 6.45) is 4.80. The lowest BCUT2D eigenvalue weighted by Gasteiger charge is -2.38. The van der Waals surface area contributed by atoms with E-state index in [2.05, 4.69) is 109 Å². The molecule has 1 aliphatic rings. The number of likely N-dealkylation sites (tertiary alicyclic amines) is 1. The lowest BCUT2D eigenvalue weighted by Crippen LogP contribution is -2.44. The van der Waals surface area contributed by atoms with Gasteiger partial charge in [-0.25, -0.2) is 0 Å². The molecule has 0 unspecified atom stereocenters. The maximum absolute atomic E-state index is 6.11. The maximum Gasteiger partial charge on any atom is 0.0406 e. The Morgan fingerprint density at radius 1 is 0.946 bits per heavy atom. The largest absolute Gasteiger partial charge is 0.378 e. The number of halogens is 1. The van der Waals surface area contributed by atoms with Gasteiger partial charge in [-0.05, 0) is 93.4 Å². The Bertz CT molecular complexity index is 1150. The summed E-state index contributed by atoms with van der Waals surface area (Å²) in [5.74, 6) is 0. The molecule has 3 aromatic rings. The first-order chi connectivity index (χ1) is 17.9. The SMILES string of the molecule is CC(C)=CCN(Cc1ccccc1Sc1ccc(Cl)cc1)C1CCN(Cc2ccc(N(C)C)cc2)CC1. The van der Waals surface area contributed by atoms with Gasteiger partial charge in [0.2, 0.25) is 0 Å². The van der Waals surface area contributed by atoms with E-state index >= 15 is 0 Å². The van der Waals surface area contributed by atoms with Crippen LogP contribution in [0.1, 0.15) is 37.8 Å². The highest BCUT2D eigenvalue weighted by atomic mass is 35.5. The molecule has 0 N–H and O–H groups in total. The lowest BCUT2D eigenvalue weighted by atomic mass is 10.0. The van der Waals surface area contributed by atoms with Crippen molar-refractivity contribution in [1.29, 1.82) is 0 Å². The molecule has 0 radical (unpaired) electrons. The van der Waals surface area contributed by atoms with Crippen molar-refractivity contribution in [2.45, 2.75) is 55.6 Å². The quantitative estimate of drug-likeness (QED) is 0.244. The number of hydrogen-bond donors (Lipinski definition) is 0. The smallest absolute Gasteiger partial charge is 0.0406 e. The predicted molar refractivity (Wildman–Crippen MR) is 161 cm³/mol. The van der Waals surface area contributed by atoms with Crippen LogP contribution < -0.4 is 4.90 Å². The van der Waals surface area contributed by atoms with Gasteiger partial charge < -0.3 is 4.90 Å². The minimum Gasteiger partial charge on any atom is -0.378 e. The van der Waals surface area contributed by atoms with Gasteiger partial charge >= 0.3 is 0 Å². The number of hydrogen-bond acceptors (Lipinski definition) is 4. The van der Waals surface area contributed by atoms with Crippen molar-refractivity contribution in [3.63, 3.8) is 0 Å². The zero-order valence-electron chi connectivity index (χ0n) is 22.7. The Labute approximate surface area is 233 Å². The average Bonchev–Trinajstić information content (AvgIpc) is 2.89. The highest BCUT2D eigenvalue weighted by Crippen LogP contribution is 2.32. The average molecular weight is 534 g/mol. The van der Waals surface area contributed by atoms with Crippen molar-refractivity contribution < 1.29 is 0 Å². The van der Waals surface area contributed by atoms with Crippen LogP contribution in [0.3, 0.4) is 0 Å². The normalized spacial score (nSPS) is 14.6. The maximum atomic E-state index is 6.11. The van der Waals surface area contributed by atoms with Crippen LogP contribution in [-0.4, -0.2) is 49.6 Å². The summed E-state index contributed by atoms with van der Waals surface area (Å²) in [5, 5.41) is 0.780. The van der Waals surface area contributed by atoms with E-state index < -0.39 is 0 Å². The van der Waals surface area contributed by atoms with Gasteiger partial charge in [-0.15, -0.1) is 0 Å². The molecular formula is C32H40ClN3S. The summed E-state index contributed by atoms with van der Waals surface area (Å²) in [4.78, 5) is 10.0. The third kappa shape index (κ3) is 8.38. The van der Waals surface area contributed by atoms with Crippen molar-refractivity contribution in [1.82, 2.24) is 9.80 Å². The molecule has 0 aliphatic carbocycles. The van der Waals surface area contributed by atoms with Crippen LogP contribution in [0.4, 0.5) is 5.69 Å². The van der Waals surface area contributed by atoms with Crippen LogP contribution in [0.15, 0.2) is 94.2 Å². The van der Waals surface area contributed by atoms with Gasteiger partial charge in [-0.2, -0.15) is 0 Å². The van der Waals surface area contributed by atoms with E-state index in [0.29, 0.717) is 6.04 Å². The van der Waals surface area contributed by atoms with E-state index in [0.717, 1.165) is 37.7 Å². The molecule has 37 heavy (non-hydrogen) atoms. The zero-order chi connectivity index (χ0) is 26.2. The van der Waals surface area contributed by atoms with E-state index in [1.54, 1.807) is 0 Å². The van der Waals surface area contributed by atoms with Crippen molar-refractivity contribution in [2.75, 3.05) is 38.6 Å². The summed E-state index contributed by atoms with van der Waals surface area (Å²) in [6, 6.07) is 26.6. The molecule has 4 rings (SSSR count). The van der Waals surface area contributed by atoms with Crippen molar-refractivity contribution >= 4 is 29.1 Å². The number of anilines is 1. The topological polar surface area (TPSA) is 9.72 Å². The molecule has 0 atom stereocenters. The second-order valence-electron chi connectivity index (χ2n) is 10.4. The lowest BCUT2D eigenvalue weighted by molar-refractivity contribution is 0.107. The number of allylic oxidation sites excluding steroid dienone is 1. The number of rotatable bonds is 10. The highest BCUT2D eigenvalue weighted by Gasteiger charge is 2.25. The van der Waals surface area contributed by atoms with E-state index in [9.17, 15) is 0 Å². The van der Waals surface area contributed by atoms with Gasteiger partial charge in [0.25, 0.3) is 0 Å². The molecule has 0 spiro atoms. The fraction of sp³-hybridized carbons (Fsp3) is 0.375. The van der Waals surface area contributed by atoms with Crippen LogP contribution in [-0.2, 0) is 13.1 Å². The number of piperidine rings is 1. The first kappa shape index (κ1) is 27.8. The van der Waals surface area contributed by atoms with Gasteiger partial charge in [-0.1, -0.05) is 65.3 Å². The second-order valence-corrected chi connectivity index (χ2v) is 12.0. The Kier molecular flexibility index (Phi) is 10.2. The van der Waals surface area contributed by atoms with Crippen LogP contribution in [0.2, 0.25) is 5.02 Å². The molecule has 1 saturated heterocycles. The summed E-state index contributed by atoms with van der Waals surface area (Å²) < 4.78 is 0.